The second kappa shape index (κ2) is 7.33. The third kappa shape index (κ3) is 4.39. The maximum absolute atomic E-state index is 10.1. The van der Waals surface area contributed by atoms with Crippen LogP contribution in [-0.2, 0) is 0 Å². The molecule has 0 heterocycles. The third-order valence-corrected chi connectivity index (χ3v) is 3.15. The largest absolute Gasteiger partial charge is 0.496 e. The van der Waals surface area contributed by atoms with Gasteiger partial charge in [-0.2, -0.15) is 0 Å². The fourth-order valence-electron chi connectivity index (χ4n) is 1.97. The normalized spacial score (nSPS) is 12.5. The molecule has 0 radical (unpaired) electrons. The lowest BCUT2D eigenvalue weighted by Gasteiger charge is -2.13. The number of hydrogen-bond donors (Lipinski definition) is 1. The summed E-state index contributed by atoms with van der Waals surface area (Å²) in [7, 11) is 1.67. The second-order valence-corrected chi connectivity index (χ2v) is 4.59. The van der Waals surface area contributed by atoms with E-state index < -0.39 is 0 Å². The summed E-state index contributed by atoms with van der Waals surface area (Å²) in [5.74, 6) is 0.857. The smallest absolute Gasteiger partial charge is 0.122 e. The molecule has 17 heavy (non-hydrogen) atoms. The van der Waals surface area contributed by atoms with Crippen LogP contribution in [0.2, 0.25) is 0 Å². The number of methoxy groups -OCH3 is 1. The molecule has 0 amide bonds. The lowest BCUT2D eigenvalue weighted by atomic mass is 10.0. The van der Waals surface area contributed by atoms with Crippen LogP contribution in [0, 0.1) is 6.92 Å². The first-order chi connectivity index (χ1) is 8.19. The average Bonchev–Trinajstić information content (AvgIpc) is 2.35. The zero-order valence-corrected chi connectivity index (χ0v) is 11.2. The molecular formula is C15H24O2. The Morgan fingerprint density at radius 2 is 2.00 bits per heavy atom. The first-order valence-corrected chi connectivity index (χ1v) is 6.51. The van der Waals surface area contributed by atoms with Crippen molar-refractivity contribution in [3.05, 3.63) is 29.3 Å². The fraction of sp³-hybridized carbons (Fsp3) is 0.600. The summed E-state index contributed by atoms with van der Waals surface area (Å²) in [6.07, 6.45) is 5.26. The number of hydrogen-bond acceptors (Lipinski definition) is 2. The Bertz CT molecular complexity index is 334. The molecule has 0 bridgehead atoms. The molecule has 1 N–H and O–H groups in total. The summed E-state index contributed by atoms with van der Waals surface area (Å²) < 4.78 is 5.27. The minimum atomic E-state index is -0.360. The van der Waals surface area contributed by atoms with Gasteiger partial charge in [0.25, 0.3) is 0 Å². The van der Waals surface area contributed by atoms with Gasteiger partial charge in [-0.1, -0.05) is 44.7 Å². The van der Waals surface area contributed by atoms with Gasteiger partial charge in [0.15, 0.2) is 0 Å². The van der Waals surface area contributed by atoms with Gasteiger partial charge in [0.05, 0.1) is 13.2 Å². The van der Waals surface area contributed by atoms with Crippen LogP contribution >= 0.6 is 0 Å². The van der Waals surface area contributed by atoms with Gasteiger partial charge in [0, 0.05) is 0 Å². The Balaban J connectivity index is 2.53. The summed E-state index contributed by atoms with van der Waals surface area (Å²) in [5.41, 5.74) is 2.07. The topological polar surface area (TPSA) is 29.5 Å². The molecule has 1 unspecified atom stereocenters. The van der Waals surface area contributed by atoms with E-state index in [1.807, 2.05) is 25.1 Å². The first kappa shape index (κ1) is 14.0. The summed E-state index contributed by atoms with van der Waals surface area (Å²) in [6.45, 7) is 4.21. The molecule has 1 atom stereocenters. The van der Waals surface area contributed by atoms with Crippen molar-refractivity contribution in [2.24, 2.45) is 0 Å². The van der Waals surface area contributed by atoms with E-state index in [1.54, 1.807) is 7.11 Å². The van der Waals surface area contributed by atoms with E-state index >= 15 is 0 Å². The Labute approximate surface area is 105 Å². The van der Waals surface area contributed by atoms with Crippen molar-refractivity contribution in [2.75, 3.05) is 7.11 Å². The standard InChI is InChI=1S/C15H24O2/c1-4-5-6-7-8-14(16)13-10-9-12(2)15(11-13)17-3/h9-11,14,16H,4-8H2,1-3H3. The minimum absolute atomic E-state index is 0.360. The van der Waals surface area contributed by atoms with Crippen molar-refractivity contribution in [1.82, 2.24) is 0 Å². The van der Waals surface area contributed by atoms with Crippen LogP contribution in [0.1, 0.15) is 56.3 Å². The lowest BCUT2D eigenvalue weighted by molar-refractivity contribution is 0.163. The number of benzene rings is 1. The number of rotatable bonds is 7. The average molecular weight is 236 g/mol. The van der Waals surface area contributed by atoms with Crippen molar-refractivity contribution < 1.29 is 9.84 Å². The van der Waals surface area contributed by atoms with Crippen LogP contribution in [0.15, 0.2) is 18.2 Å². The van der Waals surface area contributed by atoms with Crippen molar-refractivity contribution in [1.29, 1.82) is 0 Å². The van der Waals surface area contributed by atoms with Crippen LogP contribution in [0.5, 0.6) is 5.75 Å². The van der Waals surface area contributed by atoms with E-state index in [1.165, 1.54) is 19.3 Å². The molecule has 2 heteroatoms. The second-order valence-electron chi connectivity index (χ2n) is 4.59. The zero-order chi connectivity index (χ0) is 12.7. The number of ether oxygens (including phenoxy) is 1. The molecule has 2 nitrogen and oxygen atoms in total. The summed E-state index contributed by atoms with van der Waals surface area (Å²) >= 11 is 0. The van der Waals surface area contributed by atoms with Gasteiger partial charge in [-0.3, -0.25) is 0 Å². The van der Waals surface area contributed by atoms with Crippen LogP contribution in [0.3, 0.4) is 0 Å². The van der Waals surface area contributed by atoms with Crippen LogP contribution in [0.25, 0.3) is 0 Å². The van der Waals surface area contributed by atoms with Crippen molar-refractivity contribution >= 4 is 0 Å². The van der Waals surface area contributed by atoms with E-state index in [4.69, 9.17) is 4.74 Å². The lowest BCUT2D eigenvalue weighted by Crippen LogP contribution is -1.99. The molecule has 0 saturated carbocycles. The Kier molecular flexibility index (Phi) is 6.06. The number of unbranched alkanes of at least 4 members (excludes halogenated alkanes) is 3. The van der Waals surface area contributed by atoms with Crippen molar-refractivity contribution in [2.45, 2.75) is 52.1 Å². The minimum Gasteiger partial charge on any atom is -0.496 e. The molecule has 0 aliphatic rings. The van der Waals surface area contributed by atoms with Gasteiger partial charge < -0.3 is 9.84 Å². The van der Waals surface area contributed by atoms with Gasteiger partial charge in [-0.15, -0.1) is 0 Å². The number of aliphatic hydroxyl groups is 1. The van der Waals surface area contributed by atoms with E-state index in [9.17, 15) is 5.11 Å². The molecular weight excluding hydrogens is 212 g/mol. The summed E-state index contributed by atoms with van der Waals surface area (Å²) in [4.78, 5) is 0. The molecule has 96 valence electrons. The van der Waals surface area contributed by atoms with Gasteiger partial charge in [-0.05, 0) is 30.5 Å². The van der Waals surface area contributed by atoms with E-state index in [0.717, 1.165) is 29.7 Å². The molecule has 0 aliphatic heterocycles. The molecule has 0 aliphatic carbocycles. The predicted molar refractivity (Wildman–Crippen MR) is 71.4 cm³/mol. The molecule has 1 rings (SSSR count). The highest BCUT2D eigenvalue weighted by Crippen LogP contribution is 2.26. The summed E-state index contributed by atoms with van der Waals surface area (Å²) in [5, 5.41) is 10.1. The number of aliphatic hydroxyl groups excluding tert-OH is 1. The van der Waals surface area contributed by atoms with Crippen LogP contribution < -0.4 is 4.74 Å². The first-order valence-electron chi connectivity index (χ1n) is 6.51. The van der Waals surface area contributed by atoms with Gasteiger partial charge in [-0.25, -0.2) is 0 Å². The van der Waals surface area contributed by atoms with Gasteiger partial charge >= 0.3 is 0 Å². The van der Waals surface area contributed by atoms with Crippen LogP contribution in [0.4, 0.5) is 0 Å². The quantitative estimate of drug-likeness (QED) is 0.725. The van der Waals surface area contributed by atoms with Gasteiger partial charge in [0.1, 0.15) is 5.75 Å². The third-order valence-electron chi connectivity index (χ3n) is 3.15. The number of aryl methyl sites for hydroxylation is 1. The molecule has 0 aromatic heterocycles. The molecule has 0 fully saturated rings. The van der Waals surface area contributed by atoms with Crippen molar-refractivity contribution in [3.63, 3.8) is 0 Å². The van der Waals surface area contributed by atoms with Crippen LogP contribution in [-0.4, -0.2) is 12.2 Å². The highest BCUT2D eigenvalue weighted by atomic mass is 16.5. The molecule has 0 saturated heterocycles. The molecule has 1 aromatic carbocycles. The van der Waals surface area contributed by atoms with E-state index in [2.05, 4.69) is 6.92 Å². The van der Waals surface area contributed by atoms with Gasteiger partial charge in [0.2, 0.25) is 0 Å². The highest BCUT2D eigenvalue weighted by molar-refractivity contribution is 5.37. The Morgan fingerprint density at radius 3 is 2.65 bits per heavy atom. The maximum Gasteiger partial charge on any atom is 0.122 e. The van der Waals surface area contributed by atoms with Crippen molar-refractivity contribution in [3.8, 4) is 5.75 Å². The Morgan fingerprint density at radius 1 is 1.24 bits per heavy atom. The molecule has 0 spiro atoms. The highest BCUT2D eigenvalue weighted by Gasteiger charge is 2.09. The van der Waals surface area contributed by atoms with E-state index in [0.29, 0.717) is 0 Å². The zero-order valence-electron chi connectivity index (χ0n) is 11.2. The Hall–Kier alpha value is -1.02. The predicted octanol–water partition coefficient (Wildman–Crippen LogP) is 4.01. The summed E-state index contributed by atoms with van der Waals surface area (Å²) in [6, 6.07) is 5.94. The molecule has 1 aromatic rings. The monoisotopic (exact) mass is 236 g/mol. The maximum atomic E-state index is 10.1. The SMILES string of the molecule is CCCCCCC(O)c1ccc(C)c(OC)c1. The van der Waals surface area contributed by atoms with E-state index in [-0.39, 0.29) is 6.10 Å². The fourth-order valence-corrected chi connectivity index (χ4v) is 1.97.